The van der Waals surface area contributed by atoms with Crippen LogP contribution in [-0.4, -0.2) is 29.1 Å². The molecule has 162 valence electrons. The van der Waals surface area contributed by atoms with Crippen LogP contribution in [-0.2, 0) is 6.42 Å². The lowest BCUT2D eigenvalue weighted by Crippen LogP contribution is -2.43. The molecule has 2 heterocycles. The Labute approximate surface area is 185 Å². The molecule has 0 aliphatic carbocycles. The third-order valence-electron chi connectivity index (χ3n) is 5.91. The summed E-state index contributed by atoms with van der Waals surface area (Å²) in [6.45, 7) is 2.96. The van der Waals surface area contributed by atoms with Gasteiger partial charge in [-0.1, -0.05) is 42.5 Å². The Bertz CT molecular complexity index is 1270. The van der Waals surface area contributed by atoms with Gasteiger partial charge in [0.15, 0.2) is 0 Å². The SMILES string of the molecule is CCOc1ccccc1NC(=O)N1CCc2c([nH]c3ccccc23)[C@H]1c1ccc(F)cc1. The fourth-order valence-electron chi connectivity index (χ4n) is 4.49. The van der Waals surface area contributed by atoms with Crippen LogP contribution in [0, 0.1) is 5.82 Å². The number of H-pyrrole nitrogens is 1. The highest BCUT2D eigenvalue weighted by molar-refractivity contribution is 5.92. The number of nitrogens with one attached hydrogen (secondary N) is 2. The number of halogens is 1. The van der Waals surface area contributed by atoms with Gasteiger partial charge in [0.1, 0.15) is 11.6 Å². The number of carbonyl (C=O) groups is 1. The number of amides is 2. The van der Waals surface area contributed by atoms with Crippen LogP contribution in [0.5, 0.6) is 5.75 Å². The van der Waals surface area contributed by atoms with Crippen molar-refractivity contribution >= 4 is 22.6 Å². The van der Waals surface area contributed by atoms with E-state index in [0.717, 1.165) is 28.6 Å². The second-order valence-corrected chi connectivity index (χ2v) is 7.82. The Balaban J connectivity index is 1.55. The van der Waals surface area contributed by atoms with Crippen LogP contribution in [0.3, 0.4) is 0 Å². The average Bonchev–Trinajstić information content (AvgIpc) is 3.19. The lowest BCUT2D eigenvalue weighted by Gasteiger charge is -2.36. The molecule has 32 heavy (non-hydrogen) atoms. The number of nitrogens with zero attached hydrogens (tertiary/aromatic N) is 1. The van der Waals surface area contributed by atoms with Crippen molar-refractivity contribution in [2.75, 3.05) is 18.5 Å². The van der Waals surface area contributed by atoms with Gasteiger partial charge in [-0.2, -0.15) is 0 Å². The Morgan fingerprint density at radius 3 is 2.66 bits per heavy atom. The van der Waals surface area contributed by atoms with Crippen molar-refractivity contribution in [3.05, 3.63) is 95.4 Å². The molecule has 0 spiro atoms. The lowest BCUT2D eigenvalue weighted by molar-refractivity contribution is 0.193. The largest absolute Gasteiger partial charge is 0.492 e. The number of urea groups is 1. The van der Waals surface area contributed by atoms with E-state index in [2.05, 4.69) is 16.4 Å². The first-order valence-electron chi connectivity index (χ1n) is 10.8. The molecule has 5 rings (SSSR count). The molecular formula is C26H24FN3O2. The van der Waals surface area contributed by atoms with Gasteiger partial charge >= 0.3 is 6.03 Å². The quantitative estimate of drug-likeness (QED) is 0.425. The summed E-state index contributed by atoms with van der Waals surface area (Å²) < 4.78 is 19.3. The van der Waals surface area contributed by atoms with Crippen LogP contribution >= 0.6 is 0 Å². The van der Waals surface area contributed by atoms with E-state index in [0.29, 0.717) is 24.6 Å². The number of aromatic amines is 1. The van der Waals surface area contributed by atoms with E-state index in [-0.39, 0.29) is 17.9 Å². The summed E-state index contributed by atoms with van der Waals surface area (Å²) in [6.07, 6.45) is 0.734. The first-order chi connectivity index (χ1) is 15.7. The van der Waals surface area contributed by atoms with Crippen LogP contribution in [0.25, 0.3) is 10.9 Å². The molecule has 1 atom stereocenters. The lowest BCUT2D eigenvalue weighted by atomic mass is 9.92. The monoisotopic (exact) mass is 429 g/mol. The number of carbonyl (C=O) groups excluding carboxylic acids is 1. The van der Waals surface area contributed by atoms with Crippen molar-refractivity contribution in [3.63, 3.8) is 0 Å². The molecule has 3 aromatic carbocycles. The summed E-state index contributed by atoms with van der Waals surface area (Å²) in [5.74, 6) is 0.327. The van der Waals surface area contributed by atoms with E-state index >= 15 is 0 Å². The van der Waals surface area contributed by atoms with Gasteiger partial charge < -0.3 is 19.9 Å². The van der Waals surface area contributed by atoms with Gasteiger partial charge in [0.25, 0.3) is 0 Å². The van der Waals surface area contributed by atoms with Crippen LogP contribution in [0.1, 0.15) is 29.8 Å². The Morgan fingerprint density at radius 1 is 1.09 bits per heavy atom. The van der Waals surface area contributed by atoms with Crippen molar-refractivity contribution in [3.8, 4) is 5.75 Å². The summed E-state index contributed by atoms with van der Waals surface area (Å²) in [5.41, 5.74) is 4.69. The normalized spacial score (nSPS) is 15.4. The summed E-state index contributed by atoms with van der Waals surface area (Å²) in [6, 6.07) is 21.3. The van der Waals surface area contributed by atoms with Crippen molar-refractivity contribution in [2.45, 2.75) is 19.4 Å². The number of fused-ring (bicyclic) bond motifs is 3. The summed E-state index contributed by atoms with van der Waals surface area (Å²) in [5, 5.41) is 4.18. The molecule has 2 N–H and O–H groups in total. The molecule has 1 aliphatic rings. The molecule has 0 saturated carbocycles. The second kappa shape index (κ2) is 8.38. The maximum Gasteiger partial charge on any atom is 0.322 e. The first kappa shape index (κ1) is 20.1. The third-order valence-corrected chi connectivity index (χ3v) is 5.91. The van der Waals surface area contributed by atoms with Crippen LogP contribution in [0.15, 0.2) is 72.8 Å². The molecule has 0 bridgehead atoms. The van der Waals surface area contributed by atoms with Gasteiger partial charge in [-0.05, 0) is 54.8 Å². The van der Waals surface area contributed by atoms with Crippen LogP contribution in [0.2, 0.25) is 0 Å². The van der Waals surface area contributed by atoms with E-state index < -0.39 is 0 Å². The minimum absolute atomic E-state index is 0.226. The summed E-state index contributed by atoms with van der Waals surface area (Å²) in [4.78, 5) is 18.8. The number of para-hydroxylation sites is 3. The number of benzene rings is 3. The van der Waals surface area contributed by atoms with Crippen molar-refractivity contribution in [1.29, 1.82) is 0 Å². The molecule has 6 heteroatoms. The number of aromatic nitrogens is 1. The molecule has 1 aliphatic heterocycles. The number of anilines is 1. The first-order valence-corrected chi connectivity index (χ1v) is 10.8. The maximum absolute atomic E-state index is 13.7. The van der Waals surface area contributed by atoms with Gasteiger partial charge in [-0.25, -0.2) is 9.18 Å². The number of ether oxygens (including phenoxy) is 1. The van der Waals surface area contributed by atoms with Crippen molar-refractivity contribution in [2.24, 2.45) is 0 Å². The smallest absolute Gasteiger partial charge is 0.322 e. The maximum atomic E-state index is 13.7. The van der Waals surface area contributed by atoms with Crippen molar-refractivity contribution in [1.82, 2.24) is 9.88 Å². The van der Waals surface area contributed by atoms with E-state index in [1.54, 1.807) is 17.0 Å². The van der Waals surface area contributed by atoms with Crippen molar-refractivity contribution < 1.29 is 13.9 Å². The van der Waals surface area contributed by atoms with E-state index in [9.17, 15) is 9.18 Å². The molecule has 5 nitrogen and oxygen atoms in total. The van der Waals surface area contributed by atoms with Gasteiger partial charge in [-0.15, -0.1) is 0 Å². The zero-order valence-corrected chi connectivity index (χ0v) is 17.8. The van der Waals surface area contributed by atoms with Gasteiger partial charge in [0, 0.05) is 23.1 Å². The van der Waals surface area contributed by atoms with Crippen LogP contribution < -0.4 is 10.1 Å². The highest BCUT2D eigenvalue weighted by Gasteiger charge is 2.34. The standard InChI is InChI=1S/C26H24FN3O2/c1-2-32-23-10-6-5-9-22(23)29-26(31)30-16-15-20-19-7-3-4-8-21(19)28-24(20)25(30)17-11-13-18(27)14-12-17/h3-14,25,28H,2,15-16H2,1H3,(H,29,31)/t25-/m1/s1. The Hall–Kier alpha value is -3.80. The zero-order valence-electron chi connectivity index (χ0n) is 17.8. The minimum Gasteiger partial charge on any atom is -0.492 e. The summed E-state index contributed by atoms with van der Waals surface area (Å²) >= 11 is 0. The van der Waals surface area contributed by atoms with Gasteiger partial charge in [0.2, 0.25) is 0 Å². The van der Waals surface area contributed by atoms with Gasteiger partial charge in [-0.3, -0.25) is 0 Å². The fraction of sp³-hybridized carbons (Fsp3) is 0.192. The number of hydrogen-bond acceptors (Lipinski definition) is 2. The third kappa shape index (κ3) is 3.58. The molecule has 0 radical (unpaired) electrons. The highest BCUT2D eigenvalue weighted by atomic mass is 19.1. The predicted octanol–water partition coefficient (Wildman–Crippen LogP) is 5.89. The van der Waals surface area contributed by atoms with Gasteiger partial charge in [0.05, 0.1) is 18.3 Å². The van der Waals surface area contributed by atoms with E-state index in [1.165, 1.54) is 17.7 Å². The summed E-state index contributed by atoms with van der Waals surface area (Å²) in [7, 11) is 0. The zero-order chi connectivity index (χ0) is 22.1. The van der Waals surface area contributed by atoms with E-state index in [4.69, 9.17) is 4.74 Å². The van der Waals surface area contributed by atoms with E-state index in [1.807, 2.05) is 49.4 Å². The minimum atomic E-state index is -0.356. The molecular weight excluding hydrogens is 405 g/mol. The topological polar surface area (TPSA) is 57.4 Å². The molecule has 4 aromatic rings. The molecule has 1 aromatic heterocycles. The van der Waals surface area contributed by atoms with Crippen LogP contribution in [0.4, 0.5) is 14.9 Å². The number of hydrogen-bond donors (Lipinski definition) is 2. The second-order valence-electron chi connectivity index (χ2n) is 7.82. The fourth-order valence-corrected chi connectivity index (χ4v) is 4.49. The number of rotatable bonds is 4. The average molecular weight is 429 g/mol. The molecule has 2 amide bonds. The highest BCUT2D eigenvalue weighted by Crippen LogP contribution is 2.39. The predicted molar refractivity (Wildman–Crippen MR) is 124 cm³/mol. The molecule has 0 saturated heterocycles. The molecule has 0 fully saturated rings. The molecule has 0 unspecified atom stereocenters. The Morgan fingerprint density at radius 2 is 1.84 bits per heavy atom. The Kier molecular flexibility index (Phi) is 5.27.